The molecule has 1 N–H and O–H groups in total. The molecular formula is C30H41NO. The minimum atomic E-state index is 0.285. The van der Waals surface area contributed by atoms with Crippen LogP contribution in [0.2, 0.25) is 0 Å². The lowest BCUT2D eigenvalue weighted by molar-refractivity contribution is 0.321. The van der Waals surface area contributed by atoms with Crippen molar-refractivity contribution in [3.63, 3.8) is 0 Å². The van der Waals surface area contributed by atoms with E-state index in [1.54, 1.807) is 0 Å². The first-order chi connectivity index (χ1) is 15.2. The molecule has 0 radical (unpaired) electrons. The highest BCUT2D eigenvalue weighted by Gasteiger charge is 2.26. The van der Waals surface area contributed by atoms with E-state index in [4.69, 9.17) is 5.21 Å². The highest BCUT2D eigenvalue weighted by Crippen LogP contribution is 2.40. The molecule has 0 spiro atoms. The molecule has 172 valence electrons. The molecule has 0 unspecified atom stereocenters. The van der Waals surface area contributed by atoms with Crippen LogP contribution in [-0.4, -0.2) is 11.4 Å². The molecule has 0 saturated heterocycles. The molecule has 0 aromatic carbocycles. The highest BCUT2D eigenvalue weighted by molar-refractivity contribution is 5.77. The van der Waals surface area contributed by atoms with E-state index in [0.29, 0.717) is 0 Å². The van der Waals surface area contributed by atoms with Crippen molar-refractivity contribution in [1.82, 2.24) is 0 Å². The van der Waals surface area contributed by atoms with Crippen molar-refractivity contribution in [1.29, 1.82) is 0 Å². The fourth-order valence-electron chi connectivity index (χ4n) is 3.64. The van der Waals surface area contributed by atoms with Crippen LogP contribution in [0.3, 0.4) is 0 Å². The molecule has 0 amide bonds. The van der Waals surface area contributed by atoms with Crippen LogP contribution in [0, 0.1) is 5.41 Å². The molecule has 0 aromatic heterocycles. The molecule has 1 rings (SSSR count). The van der Waals surface area contributed by atoms with Gasteiger partial charge >= 0.3 is 0 Å². The summed E-state index contributed by atoms with van der Waals surface area (Å²) < 4.78 is 0. The van der Waals surface area contributed by atoms with Crippen molar-refractivity contribution in [2.45, 2.75) is 67.7 Å². The van der Waals surface area contributed by atoms with Crippen LogP contribution in [0.4, 0.5) is 0 Å². The second-order valence-electron chi connectivity index (χ2n) is 9.26. The van der Waals surface area contributed by atoms with E-state index in [1.807, 2.05) is 44.2 Å². The zero-order valence-electron chi connectivity index (χ0n) is 21.0. The van der Waals surface area contributed by atoms with Gasteiger partial charge in [0, 0.05) is 0 Å². The summed E-state index contributed by atoms with van der Waals surface area (Å²) in [5.41, 5.74) is 7.81. The number of allylic oxidation sites excluding steroid dienone is 18. The average Bonchev–Trinajstić information content (AvgIpc) is 2.70. The number of hydrogen-bond acceptors (Lipinski definition) is 2. The zero-order chi connectivity index (χ0) is 24.0. The topological polar surface area (TPSA) is 32.6 Å². The van der Waals surface area contributed by atoms with Gasteiger partial charge in [-0.1, -0.05) is 114 Å². The maximum Gasteiger partial charge on any atom is 0.0690 e. The Morgan fingerprint density at radius 3 is 1.81 bits per heavy atom. The first-order valence-electron chi connectivity index (χ1n) is 11.4. The van der Waals surface area contributed by atoms with Gasteiger partial charge in [-0.3, -0.25) is 0 Å². The predicted octanol–water partition coefficient (Wildman–Crippen LogP) is 8.98. The monoisotopic (exact) mass is 431 g/mol. The highest BCUT2D eigenvalue weighted by atomic mass is 16.4. The minimum absolute atomic E-state index is 0.285. The Morgan fingerprint density at radius 2 is 1.28 bits per heavy atom. The molecule has 32 heavy (non-hydrogen) atoms. The first kappa shape index (κ1) is 27.2. The molecule has 0 bridgehead atoms. The fraction of sp³-hybridized carbons (Fsp3) is 0.367. The van der Waals surface area contributed by atoms with E-state index >= 15 is 0 Å². The molecule has 2 nitrogen and oxygen atoms in total. The second kappa shape index (κ2) is 14.2. The lowest BCUT2D eigenvalue weighted by Gasteiger charge is -2.32. The lowest BCUT2D eigenvalue weighted by Crippen LogP contribution is -2.19. The summed E-state index contributed by atoms with van der Waals surface area (Å²) in [6.45, 7) is 15.2. The average molecular weight is 432 g/mol. The third-order valence-electron chi connectivity index (χ3n) is 5.58. The molecular weight excluding hydrogens is 390 g/mol. The van der Waals surface area contributed by atoms with Crippen LogP contribution in [0.1, 0.15) is 67.7 Å². The third kappa shape index (κ3) is 10.9. The summed E-state index contributed by atoms with van der Waals surface area (Å²) >= 11 is 0. The molecule has 0 saturated carbocycles. The van der Waals surface area contributed by atoms with E-state index in [2.05, 4.69) is 82.3 Å². The second-order valence-corrected chi connectivity index (χ2v) is 9.26. The minimum Gasteiger partial charge on any atom is -0.411 e. The van der Waals surface area contributed by atoms with Crippen LogP contribution in [-0.2, 0) is 0 Å². The lowest BCUT2D eigenvalue weighted by atomic mass is 9.72. The number of rotatable bonds is 9. The SMILES string of the molecule is CC1=C(/C=C/C(C)=C/C=C/C(C)=C/C=C/C=C(C)/C=C/C=C(C)/C=N/O)C(C)(C)CCC1. The van der Waals surface area contributed by atoms with Crippen molar-refractivity contribution >= 4 is 6.21 Å². The summed E-state index contributed by atoms with van der Waals surface area (Å²) in [6, 6.07) is 0. The summed E-state index contributed by atoms with van der Waals surface area (Å²) in [5.74, 6) is 0. The van der Waals surface area contributed by atoms with Crippen LogP contribution in [0.5, 0.6) is 0 Å². The van der Waals surface area contributed by atoms with E-state index < -0.39 is 0 Å². The Hall–Kier alpha value is -2.87. The summed E-state index contributed by atoms with van der Waals surface area (Å²) in [4.78, 5) is 0. The fourth-order valence-corrected chi connectivity index (χ4v) is 3.64. The molecule has 0 atom stereocenters. The van der Waals surface area contributed by atoms with Crippen LogP contribution >= 0.6 is 0 Å². The standard InChI is InChI=1S/C30H41NO/c1-24(13-8-9-14-25(2)16-11-18-27(4)23-31-32)15-10-17-26(3)20-21-29-28(5)19-12-22-30(29,6)7/h8-11,13-18,20-21,23,32H,12,19,22H2,1-7H3/b9-8+,15-10+,16-11+,21-20+,24-13+,25-14+,26-17+,27-18+,31-23+. The predicted molar refractivity (Wildman–Crippen MR) is 142 cm³/mol. The molecule has 0 fully saturated rings. The van der Waals surface area contributed by atoms with Gasteiger partial charge in [-0.2, -0.15) is 0 Å². The van der Waals surface area contributed by atoms with Gasteiger partial charge in [-0.15, -0.1) is 0 Å². The molecule has 1 aliphatic rings. The van der Waals surface area contributed by atoms with Gasteiger partial charge in [0.15, 0.2) is 0 Å². The Balaban J connectivity index is 2.64. The van der Waals surface area contributed by atoms with Gasteiger partial charge in [0.1, 0.15) is 0 Å². The van der Waals surface area contributed by atoms with Crippen molar-refractivity contribution in [2.75, 3.05) is 0 Å². The quantitative estimate of drug-likeness (QED) is 0.168. The molecule has 1 aliphatic carbocycles. The summed E-state index contributed by atoms with van der Waals surface area (Å²) in [5, 5.41) is 11.5. The Labute approximate surface area is 196 Å². The zero-order valence-corrected chi connectivity index (χ0v) is 21.0. The third-order valence-corrected chi connectivity index (χ3v) is 5.58. The number of nitrogens with zero attached hydrogens (tertiary/aromatic N) is 1. The van der Waals surface area contributed by atoms with Gasteiger partial charge in [0.2, 0.25) is 0 Å². The Morgan fingerprint density at radius 1 is 0.781 bits per heavy atom. The Kier molecular flexibility index (Phi) is 12.1. The van der Waals surface area contributed by atoms with Crippen LogP contribution in [0.25, 0.3) is 0 Å². The normalized spacial score (nSPS) is 19.7. The van der Waals surface area contributed by atoms with E-state index in [-0.39, 0.29) is 5.41 Å². The van der Waals surface area contributed by atoms with Gasteiger partial charge < -0.3 is 5.21 Å². The Bertz CT molecular complexity index is 922. The summed E-state index contributed by atoms with van der Waals surface area (Å²) in [6.07, 6.45) is 30.3. The molecule has 0 aliphatic heterocycles. The maximum atomic E-state index is 8.48. The van der Waals surface area contributed by atoms with Gasteiger partial charge in [0.25, 0.3) is 0 Å². The van der Waals surface area contributed by atoms with E-state index in [9.17, 15) is 0 Å². The molecule has 2 heteroatoms. The van der Waals surface area contributed by atoms with Crippen LogP contribution in [0.15, 0.2) is 112 Å². The van der Waals surface area contributed by atoms with E-state index in [0.717, 1.165) is 11.1 Å². The largest absolute Gasteiger partial charge is 0.411 e. The molecule has 0 heterocycles. The number of hydrogen-bond donors (Lipinski definition) is 1. The van der Waals surface area contributed by atoms with Crippen molar-refractivity contribution in [3.05, 3.63) is 106 Å². The van der Waals surface area contributed by atoms with Gasteiger partial charge in [-0.25, -0.2) is 0 Å². The van der Waals surface area contributed by atoms with Crippen LogP contribution < -0.4 is 0 Å². The first-order valence-corrected chi connectivity index (χ1v) is 11.4. The van der Waals surface area contributed by atoms with E-state index in [1.165, 1.54) is 47.8 Å². The summed E-state index contributed by atoms with van der Waals surface area (Å²) in [7, 11) is 0. The van der Waals surface area contributed by atoms with Crippen molar-refractivity contribution < 1.29 is 5.21 Å². The van der Waals surface area contributed by atoms with Crippen molar-refractivity contribution in [3.8, 4) is 0 Å². The smallest absolute Gasteiger partial charge is 0.0690 e. The van der Waals surface area contributed by atoms with Gasteiger partial charge in [0.05, 0.1) is 6.21 Å². The van der Waals surface area contributed by atoms with Gasteiger partial charge in [-0.05, 0) is 70.4 Å². The maximum absolute atomic E-state index is 8.48. The molecule has 0 aromatic rings. The number of oxime groups is 1. The van der Waals surface area contributed by atoms with Crippen molar-refractivity contribution in [2.24, 2.45) is 10.6 Å².